The summed E-state index contributed by atoms with van der Waals surface area (Å²) in [6.07, 6.45) is 0.368. The minimum absolute atomic E-state index is 0.115. The van der Waals surface area contributed by atoms with Crippen molar-refractivity contribution in [3.63, 3.8) is 0 Å². The molecule has 5 unspecified atom stereocenters. The van der Waals surface area contributed by atoms with Crippen molar-refractivity contribution in [2.45, 2.75) is 58.0 Å². The van der Waals surface area contributed by atoms with Crippen molar-refractivity contribution in [3.8, 4) is 0 Å². The topological polar surface area (TPSA) is 61.8 Å². The van der Waals surface area contributed by atoms with Crippen LogP contribution in [0.3, 0.4) is 0 Å². The third kappa shape index (κ3) is 1.64. The van der Waals surface area contributed by atoms with Gasteiger partial charge in [-0.2, -0.15) is 0 Å². The summed E-state index contributed by atoms with van der Waals surface area (Å²) in [5.74, 6) is -0.646. The van der Waals surface area contributed by atoms with Gasteiger partial charge >= 0.3 is 11.9 Å². The smallest absolute Gasteiger partial charge is 0.312 e. The molecule has 0 saturated carbocycles. The molecule has 3 saturated heterocycles. The molecule has 0 aromatic heterocycles. The van der Waals surface area contributed by atoms with Crippen molar-refractivity contribution >= 4 is 11.9 Å². The average molecular weight is 254 g/mol. The van der Waals surface area contributed by atoms with Crippen molar-refractivity contribution in [1.82, 2.24) is 0 Å². The summed E-state index contributed by atoms with van der Waals surface area (Å²) in [5.41, 5.74) is -0.557. The first-order chi connectivity index (χ1) is 8.38. The molecule has 3 heterocycles. The van der Waals surface area contributed by atoms with E-state index in [9.17, 15) is 9.59 Å². The first kappa shape index (κ1) is 12.0. The van der Waals surface area contributed by atoms with Gasteiger partial charge in [0.25, 0.3) is 0 Å². The number of hydrogen-bond acceptors (Lipinski definition) is 5. The van der Waals surface area contributed by atoms with E-state index < -0.39 is 17.6 Å². The summed E-state index contributed by atoms with van der Waals surface area (Å²) < 4.78 is 16.6. The highest BCUT2D eigenvalue weighted by molar-refractivity contribution is 5.78. The lowest BCUT2D eigenvalue weighted by Gasteiger charge is -2.28. The largest absolute Gasteiger partial charge is 0.455 e. The van der Waals surface area contributed by atoms with E-state index in [0.717, 1.165) is 12.8 Å². The van der Waals surface area contributed by atoms with Crippen molar-refractivity contribution in [2.24, 2.45) is 11.3 Å². The van der Waals surface area contributed by atoms with E-state index in [2.05, 4.69) is 0 Å². The lowest BCUT2D eigenvalue weighted by Crippen LogP contribution is -2.40. The second kappa shape index (κ2) is 3.70. The molecular weight excluding hydrogens is 236 g/mol. The predicted molar refractivity (Wildman–Crippen MR) is 60.6 cm³/mol. The van der Waals surface area contributed by atoms with Gasteiger partial charge in [-0.05, 0) is 33.6 Å². The van der Waals surface area contributed by atoms with E-state index in [1.807, 2.05) is 0 Å². The van der Waals surface area contributed by atoms with Crippen LogP contribution < -0.4 is 0 Å². The maximum atomic E-state index is 11.9. The third-order valence-electron chi connectivity index (χ3n) is 3.92. The fourth-order valence-electron chi connectivity index (χ4n) is 2.87. The Kier molecular flexibility index (Phi) is 2.46. The van der Waals surface area contributed by atoms with Gasteiger partial charge < -0.3 is 14.2 Å². The summed E-state index contributed by atoms with van der Waals surface area (Å²) in [4.78, 5) is 23.6. The molecule has 0 aliphatic carbocycles. The lowest BCUT2D eigenvalue weighted by atomic mass is 9.97. The van der Waals surface area contributed by atoms with Crippen molar-refractivity contribution in [2.75, 3.05) is 0 Å². The molecule has 3 aliphatic heterocycles. The van der Waals surface area contributed by atoms with Crippen LogP contribution in [-0.2, 0) is 23.8 Å². The SMILES string of the molecule is CC(C)(C)C(=O)OC1C2CCC3C(=O)OC1C3O2. The van der Waals surface area contributed by atoms with Crippen LogP contribution in [0.15, 0.2) is 0 Å². The normalized spacial score (nSPS) is 41.7. The molecule has 5 heteroatoms. The Hall–Kier alpha value is -1.10. The minimum atomic E-state index is -0.557. The summed E-state index contributed by atoms with van der Waals surface area (Å²) in [6, 6.07) is 0. The van der Waals surface area contributed by atoms with Crippen LogP contribution >= 0.6 is 0 Å². The van der Waals surface area contributed by atoms with Crippen LogP contribution in [0.1, 0.15) is 33.6 Å². The van der Waals surface area contributed by atoms with Crippen molar-refractivity contribution in [1.29, 1.82) is 0 Å². The Morgan fingerprint density at radius 3 is 2.67 bits per heavy atom. The molecule has 18 heavy (non-hydrogen) atoms. The highest BCUT2D eigenvalue weighted by atomic mass is 16.7. The number of carbonyl (C=O) groups is 2. The van der Waals surface area contributed by atoms with Gasteiger partial charge in [-0.1, -0.05) is 0 Å². The second-order valence-electron chi connectivity index (χ2n) is 6.34. The van der Waals surface area contributed by atoms with Crippen LogP contribution in [-0.4, -0.2) is 36.4 Å². The molecule has 3 fully saturated rings. The number of rotatable bonds is 1. The van der Waals surface area contributed by atoms with Crippen LogP contribution in [0.4, 0.5) is 0 Å². The van der Waals surface area contributed by atoms with E-state index in [1.54, 1.807) is 20.8 Å². The summed E-state index contributed by atoms with van der Waals surface area (Å²) >= 11 is 0. The fourth-order valence-corrected chi connectivity index (χ4v) is 2.87. The van der Waals surface area contributed by atoms with E-state index in [1.165, 1.54) is 0 Å². The molecule has 0 radical (unpaired) electrons. The molecule has 0 N–H and O–H groups in total. The van der Waals surface area contributed by atoms with Gasteiger partial charge in [0, 0.05) is 0 Å². The Labute approximate surface area is 106 Å². The molecule has 5 atom stereocenters. The number of carbonyl (C=O) groups excluding carboxylic acids is 2. The number of ether oxygens (including phenoxy) is 3. The van der Waals surface area contributed by atoms with Gasteiger partial charge in [-0.25, -0.2) is 0 Å². The zero-order valence-electron chi connectivity index (χ0n) is 10.8. The summed E-state index contributed by atoms with van der Waals surface area (Å²) in [7, 11) is 0. The van der Waals surface area contributed by atoms with E-state index >= 15 is 0 Å². The molecule has 100 valence electrons. The van der Waals surface area contributed by atoms with E-state index in [4.69, 9.17) is 14.2 Å². The maximum Gasteiger partial charge on any atom is 0.312 e. The molecule has 2 bridgehead atoms. The second-order valence-corrected chi connectivity index (χ2v) is 6.34. The van der Waals surface area contributed by atoms with Gasteiger partial charge in [0.1, 0.15) is 6.10 Å². The van der Waals surface area contributed by atoms with Gasteiger partial charge in [0.15, 0.2) is 12.2 Å². The number of esters is 2. The third-order valence-corrected chi connectivity index (χ3v) is 3.92. The van der Waals surface area contributed by atoms with Crippen LogP contribution in [0, 0.1) is 11.3 Å². The van der Waals surface area contributed by atoms with Gasteiger partial charge in [0.2, 0.25) is 0 Å². The Bertz CT molecular complexity index is 397. The van der Waals surface area contributed by atoms with Crippen molar-refractivity contribution < 1.29 is 23.8 Å². The fraction of sp³-hybridized carbons (Fsp3) is 0.846. The zero-order valence-corrected chi connectivity index (χ0v) is 10.8. The molecular formula is C13H18O5. The Balaban J connectivity index is 1.78. The maximum absolute atomic E-state index is 11.9. The Morgan fingerprint density at radius 1 is 1.28 bits per heavy atom. The molecule has 0 amide bonds. The van der Waals surface area contributed by atoms with Crippen LogP contribution in [0.5, 0.6) is 0 Å². The van der Waals surface area contributed by atoms with Gasteiger partial charge in [-0.15, -0.1) is 0 Å². The van der Waals surface area contributed by atoms with E-state index in [0.29, 0.717) is 0 Å². The lowest BCUT2D eigenvalue weighted by molar-refractivity contribution is -0.173. The van der Waals surface area contributed by atoms with E-state index in [-0.39, 0.29) is 30.1 Å². The quantitative estimate of drug-likeness (QED) is 0.654. The van der Waals surface area contributed by atoms with Gasteiger partial charge in [-0.3, -0.25) is 9.59 Å². The molecule has 5 nitrogen and oxygen atoms in total. The minimum Gasteiger partial charge on any atom is -0.455 e. The first-order valence-electron chi connectivity index (χ1n) is 6.45. The molecule has 0 aromatic rings. The number of hydrogen-bond donors (Lipinski definition) is 0. The molecule has 0 aromatic carbocycles. The van der Waals surface area contributed by atoms with Crippen LogP contribution in [0.25, 0.3) is 0 Å². The Morgan fingerprint density at radius 2 is 2.00 bits per heavy atom. The standard InChI is InChI=1S/C13H18O5/c1-13(2,3)12(15)18-9-7-5-4-6-8(16-7)10(9)17-11(6)14/h6-10H,4-5H2,1-3H3. The molecule has 3 aliphatic rings. The predicted octanol–water partition coefficient (Wildman–Crippen LogP) is 1.05. The average Bonchev–Trinajstić information content (AvgIpc) is 2.72. The molecule has 3 rings (SSSR count). The highest BCUT2D eigenvalue weighted by Crippen LogP contribution is 2.45. The summed E-state index contributed by atoms with van der Waals surface area (Å²) in [6.45, 7) is 5.42. The summed E-state index contributed by atoms with van der Waals surface area (Å²) in [5, 5.41) is 0. The van der Waals surface area contributed by atoms with Crippen molar-refractivity contribution in [3.05, 3.63) is 0 Å². The van der Waals surface area contributed by atoms with Gasteiger partial charge in [0.05, 0.1) is 17.4 Å². The van der Waals surface area contributed by atoms with Crippen LogP contribution in [0.2, 0.25) is 0 Å². The first-order valence-corrected chi connectivity index (χ1v) is 6.45. The molecule has 0 spiro atoms. The highest BCUT2D eigenvalue weighted by Gasteiger charge is 2.61. The number of fused-ring (bicyclic) bond motifs is 1. The monoisotopic (exact) mass is 254 g/mol. The zero-order chi connectivity index (χ0) is 13.1.